The maximum absolute atomic E-state index is 13.1. The standard InChI is InChI=1S/C19H18F3N5O/c1-12-3-5-15(13(2)7-12)24-9-18(28)26-16-8-14(19(20,21)22)4-6-17(16)27-11-23-10-25-27/h3-8,10-11,24H,9H2,1-2H3,(H,26,28). The minimum Gasteiger partial charge on any atom is -0.376 e. The molecule has 0 spiro atoms. The molecule has 3 rings (SSSR count). The quantitative estimate of drug-likeness (QED) is 0.693. The Hall–Kier alpha value is -3.36. The molecule has 1 amide bonds. The van der Waals surface area contributed by atoms with Gasteiger partial charge >= 0.3 is 6.18 Å². The number of nitrogens with zero attached hydrogens (tertiary/aromatic N) is 3. The van der Waals surface area contributed by atoms with E-state index >= 15 is 0 Å². The molecule has 3 aromatic rings. The first-order chi connectivity index (χ1) is 13.2. The Bertz CT molecular complexity index is 984. The number of aryl methyl sites for hydroxylation is 2. The fraction of sp³-hybridized carbons (Fsp3) is 0.211. The molecule has 0 aliphatic carbocycles. The second-order valence-electron chi connectivity index (χ2n) is 6.29. The van der Waals surface area contributed by atoms with Gasteiger partial charge in [-0.25, -0.2) is 9.67 Å². The van der Waals surface area contributed by atoms with Gasteiger partial charge in [0.2, 0.25) is 5.91 Å². The summed E-state index contributed by atoms with van der Waals surface area (Å²) in [7, 11) is 0. The average molecular weight is 389 g/mol. The molecule has 2 aromatic carbocycles. The largest absolute Gasteiger partial charge is 0.416 e. The van der Waals surface area contributed by atoms with E-state index in [0.717, 1.165) is 28.9 Å². The number of anilines is 2. The number of carbonyl (C=O) groups excluding carboxylic acids is 1. The third-order valence-corrected chi connectivity index (χ3v) is 4.08. The molecule has 1 heterocycles. The zero-order valence-corrected chi connectivity index (χ0v) is 15.2. The first kappa shape index (κ1) is 19.4. The normalized spacial score (nSPS) is 11.3. The van der Waals surface area contributed by atoms with E-state index in [4.69, 9.17) is 0 Å². The number of rotatable bonds is 5. The highest BCUT2D eigenvalue weighted by molar-refractivity contribution is 5.95. The van der Waals surface area contributed by atoms with Crippen LogP contribution in [0.2, 0.25) is 0 Å². The highest BCUT2D eigenvalue weighted by Crippen LogP contribution is 2.33. The summed E-state index contributed by atoms with van der Waals surface area (Å²) in [6, 6.07) is 8.78. The SMILES string of the molecule is Cc1ccc(NCC(=O)Nc2cc(C(F)(F)F)ccc2-n2cncn2)c(C)c1. The Kier molecular flexibility index (Phi) is 5.34. The highest BCUT2D eigenvalue weighted by atomic mass is 19.4. The lowest BCUT2D eigenvalue weighted by Crippen LogP contribution is -2.23. The van der Waals surface area contributed by atoms with Crippen LogP contribution in [0.3, 0.4) is 0 Å². The summed E-state index contributed by atoms with van der Waals surface area (Å²) >= 11 is 0. The van der Waals surface area contributed by atoms with Crippen molar-refractivity contribution in [2.75, 3.05) is 17.2 Å². The number of nitrogens with one attached hydrogen (secondary N) is 2. The lowest BCUT2D eigenvalue weighted by Gasteiger charge is -2.15. The van der Waals surface area contributed by atoms with Crippen LogP contribution in [0.4, 0.5) is 24.5 Å². The van der Waals surface area contributed by atoms with Gasteiger partial charge in [0.05, 0.1) is 23.5 Å². The van der Waals surface area contributed by atoms with E-state index < -0.39 is 17.6 Å². The zero-order valence-electron chi connectivity index (χ0n) is 15.2. The number of aromatic nitrogens is 3. The van der Waals surface area contributed by atoms with Crippen LogP contribution < -0.4 is 10.6 Å². The smallest absolute Gasteiger partial charge is 0.376 e. The first-order valence-electron chi connectivity index (χ1n) is 8.41. The summed E-state index contributed by atoms with van der Waals surface area (Å²) in [4.78, 5) is 16.1. The number of benzene rings is 2. The van der Waals surface area contributed by atoms with Gasteiger partial charge in [-0.1, -0.05) is 17.7 Å². The number of alkyl halides is 3. The van der Waals surface area contributed by atoms with E-state index in [1.54, 1.807) is 0 Å². The maximum atomic E-state index is 13.1. The molecule has 9 heteroatoms. The molecule has 146 valence electrons. The number of amides is 1. The molecular formula is C19H18F3N5O. The van der Waals surface area contributed by atoms with E-state index in [-0.39, 0.29) is 17.9 Å². The van der Waals surface area contributed by atoms with Crippen molar-refractivity contribution in [3.8, 4) is 5.69 Å². The summed E-state index contributed by atoms with van der Waals surface area (Å²) in [5.41, 5.74) is 2.25. The van der Waals surface area contributed by atoms with Crippen molar-refractivity contribution in [3.05, 3.63) is 65.7 Å². The van der Waals surface area contributed by atoms with Gasteiger partial charge in [0.1, 0.15) is 12.7 Å². The van der Waals surface area contributed by atoms with Crippen LogP contribution in [0.25, 0.3) is 5.69 Å². The van der Waals surface area contributed by atoms with E-state index in [1.807, 2.05) is 32.0 Å². The zero-order chi connectivity index (χ0) is 20.3. The van der Waals surface area contributed by atoms with Gasteiger partial charge in [0.15, 0.2) is 0 Å². The van der Waals surface area contributed by atoms with Crippen molar-refractivity contribution < 1.29 is 18.0 Å². The molecule has 0 unspecified atom stereocenters. The Labute approximate surface area is 159 Å². The van der Waals surface area contributed by atoms with E-state index in [0.29, 0.717) is 0 Å². The minimum absolute atomic E-state index is 0.00671. The highest BCUT2D eigenvalue weighted by Gasteiger charge is 2.31. The number of hydrogen-bond acceptors (Lipinski definition) is 4. The predicted octanol–water partition coefficient (Wildman–Crippen LogP) is 3.95. The van der Waals surface area contributed by atoms with Crippen LogP contribution in [-0.4, -0.2) is 27.2 Å². The topological polar surface area (TPSA) is 71.8 Å². The van der Waals surface area contributed by atoms with Gasteiger partial charge in [0.25, 0.3) is 0 Å². The van der Waals surface area contributed by atoms with Gasteiger partial charge in [0, 0.05) is 5.69 Å². The molecule has 6 nitrogen and oxygen atoms in total. The van der Waals surface area contributed by atoms with Crippen molar-refractivity contribution in [1.82, 2.24) is 14.8 Å². The van der Waals surface area contributed by atoms with Gasteiger partial charge in [-0.15, -0.1) is 0 Å². The molecule has 0 aliphatic rings. The third-order valence-electron chi connectivity index (χ3n) is 4.08. The van der Waals surface area contributed by atoms with Crippen LogP contribution in [0.1, 0.15) is 16.7 Å². The monoisotopic (exact) mass is 389 g/mol. The summed E-state index contributed by atoms with van der Waals surface area (Å²) in [6.07, 6.45) is -1.94. The Morgan fingerprint density at radius 1 is 1.11 bits per heavy atom. The third kappa shape index (κ3) is 4.48. The molecule has 0 aliphatic heterocycles. The fourth-order valence-electron chi connectivity index (χ4n) is 2.73. The Balaban J connectivity index is 1.80. The van der Waals surface area contributed by atoms with E-state index in [9.17, 15) is 18.0 Å². The van der Waals surface area contributed by atoms with E-state index in [2.05, 4.69) is 20.7 Å². The average Bonchev–Trinajstić information content (AvgIpc) is 3.14. The lowest BCUT2D eigenvalue weighted by molar-refractivity contribution is -0.137. The van der Waals surface area contributed by atoms with Crippen molar-refractivity contribution in [2.45, 2.75) is 20.0 Å². The van der Waals surface area contributed by atoms with Crippen molar-refractivity contribution in [1.29, 1.82) is 0 Å². The molecule has 0 radical (unpaired) electrons. The van der Waals surface area contributed by atoms with Crippen LogP contribution in [0, 0.1) is 13.8 Å². The summed E-state index contributed by atoms with van der Waals surface area (Å²) in [5.74, 6) is -0.485. The van der Waals surface area contributed by atoms with Crippen molar-refractivity contribution in [2.24, 2.45) is 0 Å². The van der Waals surface area contributed by atoms with Gasteiger partial charge in [-0.05, 0) is 43.7 Å². The molecule has 0 atom stereocenters. The summed E-state index contributed by atoms with van der Waals surface area (Å²) in [6.45, 7) is 3.77. The lowest BCUT2D eigenvalue weighted by atomic mass is 10.1. The van der Waals surface area contributed by atoms with Gasteiger partial charge < -0.3 is 10.6 Å². The fourth-order valence-corrected chi connectivity index (χ4v) is 2.73. The predicted molar refractivity (Wildman–Crippen MR) is 99.4 cm³/mol. The second-order valence-corrected chi connectivity index (χ2v) is 6.29. The van der Waals surface area contributed by atoms with Crippen LogP contribution in [0.15, 0.2) is 49.1 Å². The minimum atomic E-state index is -4.53. The van der Waals surface area contributed by atoms with Crippen molar-refractivity contribution >= 4 is 17.3 Å². The van der Waals surface area contributed by atoms with Crippen molar-refractivity contribution in [3.63, 3.8) is 0 Å². The van der Waals surface area contributed by atoms with Crippen LogP contribution >= 0.6 is 0 Å². The molecule has 0 saturated carbocycles. The van der Waals surface area contributed by atoms with Gasteiger partial charge in [-0.3, -0.25) is 4.79 Å². The number of halogens is 3. The van der Waals surface area contributed by atoms with Crippen LogP contribution in [0.5, 0.6) is 0 Å². The molecular weight excluding hydrogens is 371 g/mol. The summed E-state index contributed by atoms with van der Waals surface area (Å²) < 4.78 is 40.5. The molecule has 28 heavy (non-hydrogen) atoms. The van der Waals surface area contributed by atoms with Gasteiger partial charge in [-0.2, -0.15) is 18.3 Å². The summed E-state index contributed by atoms with van der Waals surface area (Å²) in [5, 5.41) is 9.43. The Morgan fingerprint density at radius 3 is 2.54 bits per heavy atom. The second kappa shape index (κ2) is 7.71. The molecule has 1 aromatic heterocycles. The molecule has 2 N–H and O–H groups in total. The Morgan fingerprint density at radius 2 is 1.89 bits per heavy atom. The number of hydrogen-bond donors (Lipinski definition) is 2. The van der Waals surface area contributed by atoms with Crippen LogP contribution in [-0.2, 0) is 11.0 Å². The molecule has 0 fully saturated rings. The molecule has 0 bridgehead atoms. The molecule has 0 saturated heterocycles. The maximum Gasteiger partial charge on any atom is 0.416 e. The first-order valence-corrected chi connectivity index (χ1v) is 8.41. The number of carbonyl (C=O) groups is 1. The van der Waals surface area contributed by atoms with E-state index in [1.165, 1.54) is 23.4 Å².